The third kappa shape index (κ3) is 4.49. The number of nitrogens with zero attached hydrogens (tertiary/aromatic N) is 1. The molecule has 0 unspecified atom stereocenters. The van der Waals surface area contributed by atoms with E-state index in [-0.39, 0.29) is 23.8 Å². The van der Waals surface area contributed by atoms with Crippen LogP contribution in [-0.4, -0.2) is 32.0 Å². The maximum absolute atomic E-state index is 12.9. The molecule has 0 atom stereocenters. The van der Waals surface area contributed by atoms with Crippen LogP contribution in [0.25, 0.3) is 6.08 Å². The van der Waals surface area contributed by atoms with Crippen molar-refractivity contribution in [2.45, 2.75) is 6.61 Å². The molecule has 9 nitrogen and oxygen atoms in total. The number of ketones is 1. The lowest BCUT2D eigenvalue weighted by Gasteiger charge is -2.12. The Labute approximate surface area is 195 Å². The maximum Gasteiger partial charge on any atom is 0.269 e. The minimum Gasteiger partial charge on any atom is -0.496 e. The van der Waals surface area contributed by atoms with Crippen molar-refractivity contribution >= 4 is 17.5 Å². The van der Waals surface area contributed by atoms with Crippen LogP contribution in [0.5, 0.6) is 28.7 Å². The van der Waals surface area contributed by atoms with Gasteiger partial charge in [0.1, 0.15) is 23.9 Å². The summed E-state index contributed by atoms with van der Waals surface area (Å²) >= 11 is 0. The lowest BCUT2D eigenvalue weighted by molar-refractivity contribution is -0.384. The van der Waals surface area contributed by atoms with Crippen molar-refractivity contribution in [3.63, 3.8) is 0 Å². The number of rotatable bonds is 8. The molecule has 0 saturated carbocycles. The number of ether oxygens (including phenoxy) is 5. The quantitative estimate of drug-likeness (QED) is 0.266. The van der Waals surface area contributed by atoms with Gasteiger partial charge in [-0.05, 0) is 42.0 Å². The molecule has 1 aliphatic heterocycles. The second kappa shape index (κ2) is 9.53. The lowest BCUT2D eigenvalue weighted by atomic mass is 10.1. The molecule has 0 bridgehead atoms. The third-order valence-electron chi connectivity index (χ3n) is 5.22. The van der Waals surface area contributed by atoms with Gasteiger partial charge in [0.05, 0.1) is 31.8 Å². The van der Waals surface area contributed by atoms with Crippen LogP contribution < -0.4 is 23.7 Å². The highest BCUT2D eigenvalue weighted by Gasteiger charge is 2.28. The molecule has 34 heavy (non-hydrogen) atoms. The molecule has 4 rings (SSSR count). The average Bonchev–Trinajstić information content (AvgIpc) is 3.16. The monoisotopic (exact) mass is 463 g/mol. The van der Waals surface area contributed by atoms with Gasteiger partial charge in [0.25, 0.3) is 5.69 Å². The summed E-state index contributed by atoms with van der Waals surface area (Å²) in [6.07, 6.45) is 1.58. The minimum atomic E-state index is -0.456. The first-order chi connectivity index (χ1) is 16.4. The fourth-order valence-corrected chi connectivity index (χ4v) is 3.44. The Hall–Kier alpha value is -4.53. The molecule has 0 radical (unpaired) electrons. The smallest absolute Gasteiger partial charge is 0.269 e. The van der Waals surface area contributed by atoms with E-state index in [2.05, 4.69) is 0 Å². The molecular formula is C25H21NO8. The van der Waals surface area contributed by atoms with Gasteiger partial charge in [0, 0.05) is 29.8 Å². The molecule has 0 amide bonds. The van der Waals surface area contributed by atoms with Crippen molar-refractivity contribution < 1.29 is 33.4 Å². The topological polar surface area (TPSA) is 106 Å². The Morgan fingerprint density at radius 2 is 1.59 bits per heavy atom. The van der Waals surface area contributed by atoms with Crippen LogP contribution >= 0.6 is 0 Å². The zero-order valence-electron chi connectivity index (χ0n) is 18.7. The number of methoxy groups -OCH3 is 3. The summed E-state index contributed by atoms with van der Waals surface area (Å²) in [7, 11) is 4.56. The van der Waals surface area contributed by atoms with Crippen LogP contribution in [0, 0.1) is 10.1 Å². The van der Waals surface area contributed by atoms with Crippen molar-refractivity contribution in [1.29, 1.82) is 0 Å². The number of fused-ring (bicyclic) bond motifs is 1. The van der Waals surface area contributed by atoms with E-state index in [0.29, 0.717) is 39.9 Å². The fraction of sp³-hybridized carbons (Fsp3) is 0.160. The van der Waals surface area contributed by atoms with Crippen LogP contribution in [0.3, 0.4) is 0 Å². The van der Waals surface area contributed by atoms with Crippen LogP contribution in [0.15, 0.2) is 60.4 Å². The first-order valence-electron chi connectivity index (χ1n) is 10.2. The van der Waals surface area contributed by atoms with E-state index >= 15 is 0 Å². The van der Waals surface area contributed by atoms with Crippen molar-refractivity contribution in [1.82, 2.24) is 0 Å². The Morgan fingerprint density at radius 1 is 0.912 bits per heavy atom. The van der Waals surface area contributed by atoms with Gasteiger partial charge in [0.15, 0.2) is 17.3 Å². The highest BCUT2D eigenvalue weighted by atomic mass is 16.6. The molecule has 0 saturated heterocycles. The molecular weight excluding hydrogens is 442 g/mol. The molecule has 174 valence electrons. The van der Waals surface area contributed by atoms with Gasteiger partial charge in [-0.15, -0.1) is 0 Å². The summed E-state index contributed by atoms with van der Waals surface area (Å²) in [6, 6.07) is 14.4. The number of hydrogen-bond donors (Lipinski definition) is 0. The summed E-state index contributed by atoms with van der Waals surface area (Å²) in [5.74, 6) is 2.21. The summed E-state index contributed by atoms with van der Waals surface area (Å²) in [6.45, 7) is 0.205. The Kier molecular flexibility index (Phi) is 6.35. The molecule has 1 aliphatic rings. The number of non-ortho nitro benzene ring substituents is 1. The predicted octanol–water partition coefficient (Wildman–Crippen LogP) is 4.82. The van der Waals surface area contributed by atoms with E-state index in [1.165, 1.54) is 33.5 Å². The zero-order chi connectivity index (χ0) is 24.2. The first-order valence-corrected chi connectivity index (χ1v) is 10.2. The van der Waals surface area contributed by atoms with E-state index < -0.39 is 4.92 Å². The Bertz CT molecular complexity index is 1280. The van der Waals surface area contributed by atoms with Crippen molar-refractivity contribution in [3.8, 4) is 28.7 Å². The van der Waals surface area contributed by atoms with E-state index in [1.54, 1.807) is 48.5 Å². The number of hydrogen-bond acceptors (Lipinski definition) is 8. The number of benzene rings is 3. The maximum atomic E-state index is 12.9. The third-order valence-corrected chi connectivity index (χ3v) is 5.22. The lowest BCUT2D eigenvalue weighted by Crippen LogP contribution is -2.00. The van der Waals surface area contributed by atoms with Crippen LogP contribution in [-0.2, 0) is 6.61 Å². The van der Waals surface area contributed by atoms with Gasteiger partial charge in [0.2, 0.25) is 5.78 Å². The van der Waals surface area contributed by atoms with Gasteiger partial charge in [-0.3, -0.25) is 14.9 Å². The summed E-state index contributed by atoms with van der Waals surface area (Å²) in [5.41, 5.74) is 1.78. The molecule has 0 aromatic heterocycles. The van der Waals surface area contributed by atoms with Gasteiger partial charge < -0.3 is 23.7 Å². The molecule has 1 heterocycles. The Morgan fingerprint density at radius 3 is 2.24 bits per heavy atom. The molecule has 3 aromatic carbocycles. The van der Waals surface area contributed by atoms with Crippen LogP contribution in [0.4, 0.5) is 5.69 Å². The number of carbonyl (C=O) groups is 1. The molecule has 0 fully saturated rings. The molecule has 0 aliphatic carbocycles. The minimum absolute atomic E-state index is 0.0126. The van der Waals surface area contributed by atoms with E-state index in [9.17, 15) is 14.9 Å². The summed E-state index contributed by atoms with van der Waals surface area (Å²) < 4.78 is 27.6. The molecule has 0 spiro atoms. The van der Waals surface area contributed by atoms with Crippen LogP contribution in [0.1, 0.15) is 21.5 Å². The number of allylic oxidation sites excluding steroid dienone is 1. The SMILES string of the molecule is COc1cc(OC)c(OC)cc1/C=C1\Oc2cc(OCc3ccc([N+](=O)[O-])cc3)ccc2C1=O. The summed E-state index contributed by atoms with van der Waals surface area (Å²) in [5, 5.41) is 10.8. The van der Waals surface area contributed by atoms with Crippen LogP contribution in [0.2, 0.25) is 0 Å². The standard InChI is InChI=1S/C25H21NO8/c1-30-20-13-23(32-3)22(31-2)10-16(20)11-24-25(27)19-9-8-18(12-21(19)34-24)33-14-15-4-6-17(7-5-15)26(28)29/h4-13H,14H2,1-3H3/b24-11-. The fourth-order valence-electron chi connectivity index (χ4n) is 3.44. The first kappa shape index (κ1) is 22.7. The number of nitro benzene ring substituents is 1. The highest BCUT2D eigenvalue weighted by molar-refractivity contribution is 6.14. The van der Waals surface area contributed by atoms with Gasteiger partial charge in [-0.1, -0.05) is 0 Å². The normalized spacial score (nSPS) is 13.3. The average molecular weight is 463 g/mol. The van der Waals surface area contributed by atoms with Gasteiger partial charge in [-0.25, -0.2) is 0 Å². The molecule has 0 N–H and O–H groups in total. The van der Waals surface area contributed by atoms with Crippen molar-refractivity contribution in [3.05, 3.63) is 87.2 Å². The second-order valence-corrected chi connectivity index (χ2v) is 7.26. The van der Waals surface area contributed by atoms with Gasteiger partial charge >= 0.3 is 0 Å². The van der Waals surface area contributed by atoms with Gasteiger partial charge in [-0.2, -0.15) is 0 Å². The second-order valence-electron chi connectivity index (χ2n) is 7.26. The van der Waals surface area contributed by atoms with Crippen molar-refractivity contribution in [2.75, 3.05) is 21.3 Å². The molecule has 3 aromatic rings. The zero-order valence-corrected chi connectivity index (χ0v) is 18.7. The number of nitro groups is 1. The highest BCUT2D eigenvalue weighted by Crippen LogP contribution is 2.39. The van der Waals surface area contributed by atoms with E-state index in [4.69, 9.17) is 23.7 Å². The Balaban J connectivity index is 1.53. The van der Waals surface area contributed by atoms with Crippen molar-refractivity contribution in [2.24, 2.45) is 0 Å². The molecule has 9 heteroatoms. The predicted molar refractivity (Wildman–Crippen MR) is 123 cm³/mol. The summed E-state index contributed by atoms with van der Waals surface area (Å²) in [4.78, 5) is 23.2. The van der Waals surface area contributed by atoms with E-state index in [1.807, 2.05) is 0 Å². The number of carbonyl (C=O) groups excluding carboxylic acids is 1. The number of Topliss-reactive ketones (excluding diaryl/α,β-unsaturated/α-hetero) is 1. The van der Waals surface area contributed by atoms with E-state index in [0.717, 1.165) is 5.56 Å². The largest absolute Gasteiger partial charge is 0.496 e.